The highest BCUT2D eigenvalue weighted by molar-refractivity contribution is 7.89. The van der Waals surface area contributed by atoms with E-state index in [4.69, 9.17) is 14.0 Å². The summed E-state index contributed by atoms with van der Waals surface area (Å²) in [5.74, 6) is 0.411. The van der Waals surface area contributed by atoms with Gasteiger partial charge in [-0.25, -0.2) is 17.9 Å². The van der Waals surface area contributed by atoms with E-state index in [2.05, 4.69) is 19.8 Å². The Balaban J connectivity index is 1.34. The summed E-state index contributed by atoms with van der Waals surface area (Å²) in [6.45, 7) is 0.109. The van der Waals surface area contributed by atoms with E-state index in [0.29, 0.717) is 24.6 Å². The molecule has 0 saturated heterocycles. The standard InChI is InChI=1S/C23H26N4O6S/c1-31-19-11-10-16(14-20(19)34(29,30)27-18-7-2-3-8-18)23(28)32-13-5-9-21-25-22(26-33-21)17-6-4-12-24-15-17/h4,6,10-12,14-15,18,27H,2-3,5,7-9,13H2,1H3. The zero-order chi connectivity index (χ0) is 24.0. The summed E-state index contributed by atoms with van der Waals surface area (Å²) >= 11 is 0. The Kier molecular flexibility index (Phi) is 7.53. The second-order valence-corrected chi connectivity index (χ2v) is 9.64. The highest BCUT2D eigenvalue weighted by Crippen LogP contribution is 2.27. The highest BCUT2D eigenvalue weighted by Gasteiger charge is 2.27. The maximum atomic E-state index is 12.9. The zero-order valence-electron chi connectivity index (χ0n) is 18.8. The molecule has 3 aromatic rings. The first-order chi connectivity index (χ1) is 16.5. The second-order valence-electron chi connectivity index (χ2n) is 7.96. The molecule has 1 fully saturated rings. The van der Waals surface area contributed by atoms with Crippen molar-refractivity contribution in [3.05, 3.63) is 54.2 Å². The molecule has 0 aliphatic heterocycles. The van der Waals surface area contributed by atoms with E-state index in [9.17, 15) is 13.2 Å². The Hall–Kier alpha value is -3.31. The van der Waals surface area contributed by atoms with Gasteiger partial charge in [0.1, 0.15) is 10.6 Å². The molecule has 1 aromatic carbocycles. The van der Waals surface area contributed by atoms with Crippen molar-refractivity contribution in [3.63, 3.8) is 0 Å². The topological polar surface area (TPSA) is 134 Å². The van der Waals surface area contributed by atoms with Crippen LogP contribution in [-0.4, -0.2) is 49.3 Å². The molecule has 180 valence electrons. The molecular weight excluding hydrogens is 460 g/mol. The van der Waals surface area contributed by atoms with Gasteiger partial charge >= 0.3 is 5.97 Å². The van der Waals surface area contributed by atoms with Crippen LogP contribution in [0.1, 0.15) is 48.4 Å². The first-order valence-corrected chi connectivity index (χ1v) is 12.5. The summed E-state index contributed by atoms with van der Waals surface area (Å²) < 4.78 is 44.3. The monoisotopic (exact) mass is 486 g/mol. The van der Waals surface area contributed by atoms with Gasteiger partial charge in [0.15, 0.2) is 0 Å². The van der Waals surface area contributed by atoms with Gasteiger partial charge in [0.25, 0.3) is 0 Å². The number of sulfonamides is 1. The maximum absolute atomic E-state index is 12.9. The SMILES string of the molecule is COc1ccc(C(=O)OCCCc2nc(-c3cccnc3)no2)cc1S(=O)(=O)NC1CCCC1. The summed E-state index contributed by atoms with van der Waals surface area (Å²) in [6, 6.07) is 7.73. The molecule has 0 unspecified atom stereocenters. The Morgan fingerprint density at radius 2 is 2.06 bits per heavy atom. The number of aromatic nitrogens is 3. The van der Waals surface area contributed by atoms with Crippen LogP contribution in [0, 0.1) is 0 Å². The number of hydrogen-bond acceptors (Lipinski definition) is 9. The molecular formula is C23H26N4O6S. The Bertz CT molecular complexity index is 1220. The molecule has 1 aliphatic rings. The fraction of sp³-hybridized carbons (Fsp3) is 0.391. The van der Waals surface area contributed by atoms with Crippen LogP contribution < -0.4 is 9.46 Å². The van der Waals surface area contributed by atoms with Gasteiger partial charge in [0.2, 0.25) is 21.7 Å². The zero-order valence-corrected chi connectivity index (χ0v) is 19.6. The molecule has 0 spiro atoms. The summed E-state index contributed by atoms with van der Waals surface area (Å²) in [5, 5.41) is 3.92. The van der Waals surface area contributed by atoms with Gasteiger partial charge in [0.05, 0.1) is 19.3 Å². The van der Waals surface area contributed by atoms with E-state index >= 15 is 0 Å². The number of pyridine rings is 1. The molecule has 2 aromatic heterocycles. The number of carbonyl (C=O) groups excluding carboxylic acids is 1. The third-order valence-corrected chi connectivity index (χ3v) is 7.06. The molecule has 34 heavy (non-hydrogen) atoms. The van der Waals surface area contributed by atoms with E-state index in [-0.39, 0.29) is 28.9 Å². The molecule has 1 saturated carbocycles. The first kappa shape index (κ1) is 23.8. The van der Waals surface area contributed by atoms with Crippen LogP contribution in [0.3, 0.4) is 0 Å². The lowest BCUT2D eigenvalue weighted by Gasteiger charge is -2.15. The average Bonchev–Trinajstić information content (AvgIpc) is 3.54. The summed E-state index contributed by atoms with van der Waals surface area (Å²) in [4.78, 5) is 20.8. The van der Waals surface area contributed by atoms with Crippen molar-refractivity contribution in [2.75, 3.05) is 13.7 Å². The van der Waals surface area contributed by atoms with Crippen molar-refractivity contribution in [3.8, 4) is 17.1 Å². The number of nitrogens with zero attached hydrogens (tertiary/aromatic N) is 3. The smallest absolute Gasteiger partial charge is 0.338 e. The van der Waals surface area contributed by atoms with E-state index in [0.717, 1.165) is 31.2 Å². The van der Waals surface area contributed by atoms with Crippen LogP contribution in [-0.2, 0) is 21.2 Å². The predicted molar refractivity (Wildman–Crippen MR) is 122 cm³/mol. The van der Waals surface area contributed by atoms with Crippen molar-refractivity contribution in [2.24, 2.45) is 0 Å². The Labute approximate surface area is 197 Å². The van der Waals surface area contributed by atoms with Gasteiger partial charge in [0, 0.05) is 30.4 Å². The molecule has 1 N–H and O–H groups in total. The third-order valence-electron chi connectivity index (χ3n) is 5.52. The second kappa shape index (κ2) is 10.7. The predicted octanol–water partition coefficient (Wildman–Crippen LogP) is 3.15. The van der Waals surface area contributed by atoms with Crippen molar-refractivity contribution < 1.29 is 27.2 Å². The minimum absolute atomic E-state index is 0.0786. The summed E-state index contributed by atoms with van der Waals surface area (Å²) in [7, 11) is -2.45. The Morgan fingerprint density at radius 1 is 1.24 bits per heavy atom. The maximum Gasteiger partial charge on any atom is 0.338 e. The van der Waals surface area contributed by atoms with E-state index in [1.165, 1.54) is 25.3 Å². The first-order valence-electron chi connectivity index (χ1n) is 11.1. The van der Waals surface area contributed by atoms with Gasteiger partial charge < -0.3 is 14.0 Å². The van der Waals surface area contributed by atoms with Crippen molar-refractivity contribution >= 4 is 16.0 Å². The highest BCUT2D eigenvalue weighted by atomic mass is 32.2. The number of ether oxygens (including phenoxy) is 2. The third kappa shape index (κ3) is 5.78. The molecule has 2 heterocycles. The minimum atomic E-state index is -3.84. The number of methoxy groups -OCH3 is 1. The largest absolute Gasteiger partial charge is 0.495 e. The molecule has 1 aliphatic carbocycles. The van der Waals surface area contributed by atoms with E-state index < -0.39 is 16.0 Å². The Morgan fingerprint density at radius 3 is 2.79 bits per heavy atom. The number of benzene rings is 1. The normalized spacial score (nSPS) is 14.3. The molecule has 0 atom stereocenters. The summed E-state index contributed by atoms with van der Waals surface area (Å²) in [5.41, 5.74) is 0.876. The number of aryl methyl sites for hydroxylation is 1. The lowest BCUT2D eigenvalue weighted by Crippen LogP contribution is -2.33. The average molecular weight is 487 g/mol. The van der Waals surface area contributed by atoms with E-state index in [1.807, 2.05) is 6.07 Å². The quantitative estimate of drug-likeness (QED) is 0.339. The number of carbonyl (C=O) groups is 1. The lowest BCUT2D eigenvalue weighted by molar-refractivity contribution is 0.0498. The van der Waals surface area contributed by atoms with Crippen LogP contribution in [0.25, 0.3) is 11.4 Å². The number of nitrogens with one attached hydrogen (secondary N) is 1. The number of hydrogen-bond donors (Lipinski definition) is 1. The van der Waals surface area contributed by atoms with Crippen LogP contribution in [0.2, 0.25) is 0 Å². The molecule has 0 amide bonds. The van der Waals surface area contributed by atoms with Crippen molar-refractivity contribution in [1.82, 2.24) is 19.8 Å². The van der Waals surface area contributed by atoms with Gasteiger partial charge in [-0.15, -0.1) is 0 Å². The van der Waals surface area contributed by atoms with Crippen LogP contribution in [0.4, 0.5) is 0 Å². The van der Waals surface area contributed by atoms with Crippen molar-refractivity contribution in [1.29, 1.82) is 0 Å². The molecule has 4 rings (SSSR count). The summed E-state index contributed by atoms with van der Waals surface area (Å²) in [6.07, 6.45) is 7.77. The van der Waals surface area contributed by atoms with Crippen LogP contribution in [0.15, 0.2) is 52.1 Å². The number of esters is 1. The molecule has 0 radical (unpaired) electrons. The van der Waals surface area contributed by atoms with Crippen LogP contribution >= 0.6 is 0 Å². The molecule has 11 heteroatoms. The fourth-order valence-corrected chi connectivity index (χ4v) is 5.28. The molecule has 0 bridgehead atoms. The van der Waals surface area contributed by atoms with E-state index in [1.54, 1.807) is 18.5 Å². The van der Waals surface area contributed by atoms with Gasteiger partial charge in [-0.05, 0) is 49.6 Å². The van der Waals surface area contributed by atoms with Gasteiger partial charge in [-0.3, -0.25) is 4.98 Å². The fourth-order valence-electron chi connectivity index (χ4n) is 3.78. The van der Waals surface area contributed by atoms with Gasteiger partial charge in [-0.2, -0.15) is 4.98 Å². The van der Waals surface area contributed by atoms with Crippen molar-refractivity contribution in [2.45, 2.75) is 49.5 Å². The molecule has 10 nitrogen and oxygen atoms in total. The van der Waals surface area contributed by atoms with Crippen LogP contribution in [0.5, 0.6) is 5.75 Å². The minimum Gasteiger partial charge on any atom is -0.495 e. The van der Waals surface area contributed by atoms with Gasteiger partial charge in [-0.1, -0.05) is 18.0 Å². The number of rotatable bonds is 10. The lowest BCUT2D eigenvalue weighted by atomic mass is 10.2.